The number of rotatable bonds is 5. The Labute approximate surface area is 115 Å². The molecule has 1 aliphatic rings. The van der Waals surface area contributed by atoms with Crippen LogP contribution in [-0.2, 0) is 6.54 Å². The van der Waals surface area contributed by atoms with Crippen molar-refractivity contribution in [2.45, 2.75) is 19.4 Å². The largest absolute Gasteiger partial charge is 0.493 e. The summed E-state index contributed by atoms with van der Waals surface area (Å²) in [5, 5.41) is 0. The third kappa shape index (κ3) is 3.39. The first-order chi connectivity index (χ1) is 9.28. The second-order valence-electron chi connectivity index (χ2n) is 5.11. The van der Waals surface area contributed by atoms with Gasteiger partial charge in [0.15, 0.2) is 11.5 Å². The van der Waals surface area contributed by atoms with Crippen molar-refractivity contribution in [2.75, 3.05) is 33.9 Å². The van der Waals surface area contributed by atoms with Crippen molar-refractivity contribution in [1.82, 2.24) is 4.90 Å². The molecule has 2 N–H and O–H groups in total. The highest BCUT2D eigenvalue weighted by Crippen LogP contribution is 2.32. The van der Waals surface area contributed by atoms with E-state index in [0.717, 1.165) is 37.7 Å². The number of hydrogen-bond donors (Lipinski definition) is 1. The molecule has 1 heterocycles. The van der Waals surface area contributed by atoms with Crippen molar-refractivity contribution in [3.05, 3.63) is 23.8 Å². The summed E-state index contributed by atoms with van der Waals surface area (Å²) >= 11 is 0. The molecule has 0 amide bonds. The van der Waals surface area contributed by atoms with Crippen LogP contribution in [0.4, 0.5) is 0 Å². The Bertz CT molecular complexity index is 401. The number of ether oxygens (including phenoxy) is 2. The van der Waals surface area contributed by atoms with Crippen LogP contribution in [0.3, 0.4) is 0 Å². The zero-order valence-corrected chi connectivity index (χ0v) is 11.9. The molecule has 0 unspecified atom stereocenters. The number of piperidine rings is 1. The van der Waals surface area contributed by atoms with E-state index in [0.29, 0.717) is 5.92 Å². The molecule has 106 valence electrons. The first kappa shape index (κ1) is 14.2. The molecule has 1 aromatic carbocycles. The fraction of sp³-hybridized carbons (Fsp3) is 0.600. The molecule has 0 aromatic heterocycles. The molecule has 0 bridgehead atoms. The van der Waals surface area contributed by atoms with Gasteiger partial charge in [-0.05, 0) is 44.5 Å². The monoisotopic (exact) mass is 264 g/mol. The fourth-order valence-corrected chi connectivity index (χ4v) is 2.70. The van der Waals surface area contributed by atoms with Gasteiger partial charge in [-0.1, -0.05) is 12.1 Å². The number of likely N-dealkylation sites (tertiary alicyclic amines) is 1. The van der Waals surface area contributed by atoms with Gasteiger partial charge in [0.25, 0.3) is 0 Å². The second kappa shape index (κ2) is 6.78. The van der Waals surface area contributed by atoms with E-state index in [1.165, 1.54) is 18.4 Å². The Morgan fingerprint density at radius 1 is 1.21 bits per heavy atom. The quantitative estimate of drug-likeness (QED) is 0.882. The van der Waals surface area contributed by atoms with Crippen LogP contribution in [0.2, 0.25) is 0 Å². The number of nitrogens with two attached hydrogens (primary N) is 1. The van der Waals surface area contributed by atoms with Gasteiger partial charge >= 0.3 is 0 Å². The lowest BCUT2D eigenvalue weighted by Gasteiger charge is -2.31. The lowest BCUT2D eigenvalue weighted by molar-refractivity contribution is 0.178. The minimum atomic E-state index is 0.698. The first-order valence-electron chi connectivity index (χ1n) is 6.90. The average Bonchev–Trinajstić information content (AvgIpc) is 2.47. The summed E-state index contributed by atoms with van der Waals surface area (Å²) in [6, 6.07) is 6.06. The van der Waals surface area contributed by atoms with Crippen LogP contribution >= 0.6 is 0 Å². The number of hydrogen-bond acceptors (Lipinski definition) is 4. The molecule has 0 radical (unpaired) electrons. The number of nitrogens with zero attached hydrogens (tertiary/aromatic N) is 1. The summed E-state index contributed by atoms with van der Waals surface area (Å²) in [6.45, 7) is 3.96. The number of para-hydroxylation sites is 1. The lowest BCUT2D eigenvalue weighted by Crippen LogP contribution is -2.35. The summed E-state index contributed by atoms with van der Waals surface area (Å²) in [5.74, 6) is 2.35. The molecule has 0 atom stereocenters. The average molecular weight is 264 g/mol. The molecule has 2 rings (SSSR count). The van der Waals surface area contributed by atoms with Crippen LogP contribution < -0.4 is 15.2 Å². The van der Waals surface area contributed by atoms with Gasteiger partial charge in [0.2, 0.25) is 0 Å². The highest BCUT2D eigenvalue weighted by molar-refractivity contribution is 5.46. The third-order valence-electron chi connectivity index (χ3n) is 3.92. The maximum absolute atomic E-state index is 5.73. The highest BCUT2D eigenvalue weighted by atomic mass is 16.5. The normalized spacial score (nSPS) is 17.4. The van der Waals surface area contributed by atoms with Crippen molar-refractivity contribution in [2.24, 2.45) is 11.7 Å². The van der Waals surface area contributed by atoms with Gasteiger partial charge in [-0.15, -0.1) is 0 Å². The molecular weight excluding hydrogens is 240 g/mol. The predicted molar refractivity (Wildman–Crippen MR) is 76.6 cm³/mol. The van der Waals surface area contributed by atoms with E-state index in [1.807, 2.05) is 12.1 Å². The Kier molecular flexibility index (Phi) is 5.05. The fourth-order valence-electron chi connectivity index (χ4n) is 2.70. The summed E-state index contributed by atoms with van der Waals surface area (Å²) < 4.78 is 10.8. The minimum Gasteiger partial charge on any atom is -0.493 e. The van der Waals surface area contributed by atoms with E-state index in [4.69, 9.17) is 15.2 Å². The maximum atomic E-state index is 5.73. The molecule has 4 heteroatoms. The van der Waals surface area contributed by atoms with Gasteiger partial charge in [-0.25, -0.2) is 0 Å². The molecule has 0 saturated carbocycles. The van der Waals surface area contributed by atoms with E-state index in [9.17, 15) is 0 Å². The van der Waals surface area contributed by atoms with Crippen molar-refractivity contribution in [3.63, 3.8) is 0 Å². The van der Waals surface area contributed by atoms with Gasteiger partial charge in [-0.3, -0.25) is 4.90 Å². The Hall–Kier alpha value is -1.26. The lowest BCUT2D eigenvalue weighted by atomic mass is 9.97. The van der Waals surface area contributed by atoms with Crippen molar-refractivity contribution >= 4 is 0 Å². The van der Waals surface area contributed by atoms with E-state index in [1.54, 1.807) is 14.2 Å². The number of benzene rings is 1. The molecule has 4 nitrogen and oxygen atoms in total. The van der Waals surface area contributed by atoms with Crippen molar-refractivity contribution in [1.29, 1.82) is 0 Å². The van der Waals surface area contributed by atoms with Crippen LogP contribution in [0.5, 0.6) is 11.5 Å². The Balaban J connectivity index is 2.03. The van der Waals surface area contributed by atoms with Crippen molar-refractivity contribution < 1.29 is 9.47 Å². The molecule has 1 aromatic rings. The van der Waals surface area contributed by atoms with Crippen LogP contribution in [0, 0.1) is 5.92 Å². The van der Waals surface area contributed by atoms with E-state index >= 15 is 0 Å². The van der Waals surface area contributed by atoms with Crippen LogP contribution in [0.1, 0.15) is 18.4 Å². The Morgan fingerprint density at radius 2 is 1.95 bits per heavy atom. The molecule has 19 heavy (non-hydrogen) atoms. The standard InChI is InChI=1S/C15H24N2O2/c1-18-14-5-3-4-13(15(14)19-2)11-17-8-6-12(10-16)7-9-17/h3-5,12H,6-11,16H2,1-2H3. The zero-order chi connectivity index (χ0) is 13.7. The topological polar surface area (TPSA) is 47.7 Å². The van der Waals surface area contributed by atoms with Gasteiger partial charge in [-0.2, -0.15) is 0 Å². The molecular formula is C15H24N2O2. The van der Waals surface area contributed by atoms with E-state index in [2.05, 4.69) is 11.0 Å². The molecule has 0 spiro atoms. The van der Waals surface area contributed by atoms with Gasteiger partial charge in [0.1, 0.15) is 0 Å². The summed E-state index contributed by atoms with van der Waals surface area (Å²) in [7, 11) is 3.37. The molecule has 1 aliphatic heterocycles. The van der Waals surface area contributed by atoms with Gasteiger partial charge in [0, 0.05) is 12.1 Å². The van der Waals surface area contributed by atoms with Crippen molar-refractivity contribution in [3.8, 4) is 11.5 Å². The predicted octanol–water partition coefficient (Wildman–Crippen LogP) is 1.87. The van der Waals surface area contributed by atoms with Crippen LogP contribution in [-0.4, -0.2) is 38.8 Å². The minimum absolute atomic E-state index is 0.698. The van der Waals surface area contributed by atoms with Crippen LogP contribution in [0.15, 0.2) is 18.2 Å². The van der Waals surface area contributed by atoms with Gasteiger partial charge < -0.3 is 15.2 Å². The maximum Gasteiger partial charge on any atom is 0.165 e. The summed E-state index contributed by atoms with van der Waals surface area (Å²) in [4.78, 5) is 2.46. The molecule has 1 fully saturated rings. The molecule has 1 saturated heterocycles. The SMILES string of the molecule is COc1cccc(CN2CCC(CN)CC2)c1OC. The zero-order valence-electron chi connectivity index (χ0n) is 11.9. The van der Waals surface area contributed by atoms with Gasteiger partial charge in [0.05, 0.1) is 14.2 Å². The number of methoxy groups -OCH3 is 2. The third-order valence-corrected chi connectivity index (χ3v) is 3.92. The highest BCUT2D eigenvalue weighted by Gasteiger charge is 2.19. The van der Waals surface area contributed by atoms with E-state index in [-0.39, 0.29) is 0 Å². The van der Waals surface area contributed by atoms with E-state index < -0.39 is 0 Å². The smallest absolute Gasteiger partial charge is 0.165 e. The molecule has 0 aliphatic carbocycles. The first-order valence-corrected chi connectivity index (χ1v) is 6.90. The summed E-state index contributed by atoms with van der Waals surface area (Å²) in [5.41, 5.74) is 6.92. The summed E-state index contributed by atoms with van der Waals surface area (Å²) in [6.07, 6.45) is 2.39. The Morgan fingerprint density at radius 3 is 2.53 bits per heavy atom. The second-order valence-corrected chi connectivity index (χ2v) is 5.11. The van der Waals surface area contributed by atoms with Crippen LogP contribution in [0.25, 0.3) is 0 Å².